The van der Waals surface area contributed by atoms with Gasteiger partial charge in [-0.15, -0.1) is 0 Å². The Morgan fingerprint density at radius 2 is 2.28 bits per heavy atom. The monoisotopic (exact) mass is 273 g/mol. The topological polar surface area (TPSA) is 88.9 Å². The first-order valence-corrected chi connectivity index (χ1v) is 7.67. The SMILES string of the molecule is CC(CNS(=O)(=O)C1CC1)NCCn1cncn1. The van der Waals surface area contributed by atoms with E-state index >= 15 is 0 Å². The van der Waals surface area contributed by atoms with Crippen molar-refractivity contribution in [3.05, 3.63) is 12.7 Å². The van der Waals surface area contributed by atoms with Crippen LogP contribution in [0.3, 0.4) is 0 Å². The van der Waals surface area contributed by atoms with Crippen LogP contribution < -0.4 is 10.0 Å². The number of rotatable bonds is 8. The minimum absolute atomic E-state index is 0.0991. The summed E-state index contributed by atoms with van der Waals surface area (Å²) >= 11 is 0. The molecule has 0 saturated heterocycles. The van der Waals surface area contributed by atoms with Crippen LogP contribution in [0, 0.1) is 0 Å². The normalized spacial score (nSPS) is 17.8. The first-order valence-electron chi connectivity index (χ1n) is 6.12. The van der Waals surface area contributed by atoms with E-state index in [0.29, 0.717) is 6.54 Å². The Balaban J connectivity index is 1.61. The molecule has 1 saturated carbocycles. The van der Waals surface area contributed by atoms with Gasteiger partial charge in [0.15, 0.2) is 0 Å². The highest BCUT2D eigenvalue weighted by Gasteiger charge is 2.35. The lowest BCUT2D eigenvalue weighted by Crippen LogP contribution is -2.41. The van der Waals surface area contributed by atoms with Crippen molar-refractivity contribution in [2.45, 2.75) is 37.6 Å². The summed E-state index contributed by atoms with van der Waals surface area (Å²) in [5.74, 6) is 0. The molecule has 0 amide bonds. The molecule has 1 aliphatic rings. The van der Waals surface area contributed by atoms with E-state index in [1.54, 1.807) is 11.0 Å². The summed E-state index contributed by atoms with van der Waals surface area (Å²) < 4.78 is 27.6. The van der Waals surface area contributed by atoms with Gasteiger partial charge in [0, 0.05) is 19.1 Å². The molecule has 1 aromatic heterocycles. The quantitative estimate of drug-likeness (QED) is 0.656. The van der Waals surface area contributed by atoms with Crippen molar-refractivity contribution in [1.29, 1.82) is 0 Å². The fraction of sp³-hybridized carbons (Fsp3) is 0.800. The van der Waals surface area contributed by atoms with E-state index in [-0.39, 0.29) is 11.3 Å². The highest BCUT2D eigenvalue weighted by molar-refractivity contribution is 7.90. The van der Waals surface area contributed by atoms with Crippen LogP contribution in [0.4, 0.5) is 0 Å². The van der Waals surface area contributed by atoms with E-state index in [9.17, 15) is 8.42 Å². The van der Waals surface area contributed by atoms with E-state index < -0.39 is 10.0 Å². The van der Waals surface area contributed by atoms with Crippen LogP contribution in [0.15, 0.2) is 12.7 Å². The Hall–Kier alpha value is -0.990. The Bertz CT molecular complexity index is 455. The third kappa shape index (κ3) is 4.04. The average Bonchev–Trinajstić information content (AvgIpc) is 3.07. The van der Waals surface area contributed by atoms with E-state index in [4.69, 9.17) is 0 Å². The number of nitrogens with one attached hydrogen (secondary N) is 2. The van der Waals surface area contributed by atoms with Gasteiger partial charge >= 0.3 is 0 Å². The molecule has 1 unspecified atom stereocenters. The molecule has 1 atom stereocenters. The molecular weight excluding hydrogens is 254 g/mol. The van der Waals surface area contributed by atoms with Gasteiger partial charge in [-0.3, -0.25) is 4.68 Å². The fourth-order valence-electron chi connectivity index (χ4n) is 1.58. The fourth-order valence-corrected chi connectivity index (χ4v) is 3.06. The zero-order valence-corrected chi connectivity index (χ0v) is 11.2. The Morgan fingerprint density at radius 1 is 1.50 bits per heavy atom. The molecule has 7 nitrogen and oxygen atoms in total. The van der Waals surface area contributed by atoms with Crippen LogP contribution in [-0.4, -0.2) is 47.6 Å². The van der Waals surface area contributed by atoms with Crippen molar-refractivity contribution in [3.63, 3.8) is 0 Å². The number of sulfonamides is 1. The van der Waals surface area contributed by atoms with Crippen LogP contribution in [-0.2, 0) is 16.6 Å². The van der Waals surface area contributed by atoms with Crippen LogP contribution in [0.5, 0.6) is 0 Å². The van der Waals surface area contributed by atoms with Crippen molar-refractivity contribution < 1.29 is 8.42 Å². The predicted molar refractivity (Wildman–Crippen MR) is 67.4 cm³/mol. The predicted octanol–water partition coefficient (Wildman–Crippen LogP) is -0.662. The molecule has 1 heterocycles. The second-order valence-corrected chi connectivity index (χ2v) is 6.65. The Morgan fingerprint density at radius 3 is 2.89 bits per heavy atom. The highest BCUT2D eigenvalue weighted by Crippen LogP contribution is 2.27. The molecular formula is C10H19N5O2S. The molecule has 0 aliphatic heterocycles. The molecule has 1 aliphatic carbocycles. The van der Waals surface area contributed by atoms with Gasteiger partial charge in [-0.1, -0.05) is 0 Å². The summed E-state index contributed by atoms with van der Waals surface area (Å²) in [7, 11) is -3.07. The van der Waals surface area contributed by atoms with Gasteiger partial charge in [0.05, 0.1) is 11.8 Å². The number of hydrogen-bond acceptors (Lipinski definition) is 5. The molecule has 0 radical (unpaired) electrons. The van der Waals surface area contributed by atoms with Gasteiger partial charge in [0.1, 0.15) is 12.7 Å². The van der Waals surface area contributed by atoms with Crippen LogP contribution in [0.25, 0.3) is 0 Å². The summed E-state index contributed by atoms with van der Waals surface area (Å²) in [6, 6.07) is 0.0991. The average molecular weight is 273 g/mol. The van der Waals surface area contributed by atoms with Gasteiger partial charge in [0.2, 0.25) is 10.0 Å². The lowest BCUT2D eigenvalue weighted by Gasteiger charge is -2.14. The first kappa shape index (κ1) is 13.4. The molecule has 18 heavy (non-hydrogen) atoms. The first-order chi connectivity index (χ1) is 8.58. The van der Waals surface area contributed by atoms with E-state index in [1.165, 1.54) is 6.33 Å². The molecule has 2 N–H and O–H groups in total. The third-order valence-electron chi connectivity index (χ3n) is 2.85. The standard InChI is InChI=1S/C10H19N5O2S/c1-9(6-14-18(16,17)10-2-3-10)12-4-5-15-8-11-7-13-15/h7-10,12,14H,2-6H2,1H3. The maximum absolute atomic E-state index is 11.6. The maximum Gasteiger partial charge on any atom is 0.214 e. The molecule has 8 heteroatoms. The van der Waals surface area contributed by atoms with Gasteiger partial charge < -0.3 is 5.32 Å². The minimum atomic E-state index is -3.07. The van der Waals surface area contributed by atoms with Crippen molar-refractivity contribution >= 4 is 10.0 Å². The zero-order chi connectivity index (χ0) is 13.0. The molecule has 1 fully saturated rings. The van der Waals surface area contributed by atoms with Gasteiger partial charge in [-0.25, -0.2) is 18.1 Å². The summed E-state index contributed by atoms with van der Waals surface area (Å²) in [6.07, 6.45) is 4.74. The Kier molecular flexibility index (Phi) is 4.31. The minimum Gasteiger partial charge on any atom is -0.311 e. The molecule has 1 aromatic rings. The van der Waals surface area contributed by atoms with Crippen molar-refractivity contribution in [2.24, 2.45) is 0 Å². The Labute approximate surface area is 107 Å². The molecule has 2 rings (SSSR count). The zero-order valence-electron chi connectivity index (χ0n) is 10.4. The van der Waals surface area contributed by atoms with E-state index in [0.717, 1.165) is 25.9 Å². The second-order valence-electron chi connectivity index (χ2n) is 4.61. The van der Waals surface area contributed by atoms with E-state index in [2.05, 4.69) is 20.1 Å². The molecule has 0 bridgehead atoms. The number of hydrogen-bond donors (Lipinski definition) is 2. The summed E-state index contributed by atoms with van der Waals surface area (Å²) in [5.41, 5.74) is 0. The van der Waals surface area contributed by atoms with Gasteiger partial charge in [-0.2, -0.15) is 5.10 Å². The molecule has 0 aromatic carbocycles. The number of aromatic nitrogens is 3. The smallest absolute Gasteiger partial charge is 0.214 e. The lowest BCUT2D eigenvalue weighted by molar-refractivity contribution is 0.486. The van der Waals surface area contributed by atoms with Crippen LogP contribution in [0.2, 0.25) is 0 Å². The third-order valence-corrected chi connectivity index (χ3v) is 4.77. The van der Waals surface area contributed by atoms with Gasteiger partial charge in [-0.05, 0) is 19.8 Å². The van der Waals surface area contributed by atoms with Crippen molar-refractivity contribution in [2.75, 3.05) is 13.1 Å². The van der Waals surface area contributed by atoms with Gasteiger partial charge in [0.25, 0.3) is 0 Å². The second kappa shape index (κ2) is 5.77. The van der Waals surface area contributed by atoms with Crippen molar-refractivity contribution in [1.82, 2.24) is 24.8 Å². The number of nitrogens with zero attached hydrogens (tertiary/aromatic N) is 3. The lowest BCUT2D eigenvalue weighted by atomic mass is 10.3. The van der Waals surface area contributed by atoms with Crippen LogP contribution >= 0.6 is 0 Å². The van der Waals surface area contributed by atoms with Crippen LogP contribution in [0.1, 0.15) is 19.8 Å². The molecule has 0 spiro atoms. The maximum atomic E-state index is 11.6. The summed E-state index contributed by atoms with van der Waals surface area (Å²) in [5, 5.41) is 7.07. The largest absolute Gasteiger partial charge is 0.311 e. The highest BCUT2D eigenvalue weighted by atomic mass is 32.2. The molecule has 102 valence electrons. The van der Waals surface area contributed by atoms with Crippen molar-refractivity contribution in [3.8, 4) is 0 Å². The van der Waals surface area contributed by atoms with E-state index in [1.807, 2.05) is 6.92 Å². The summed E-state index contributed by atoms with van der Waals surface area (Å²) in [4.78, 5) is 3.85. The summed E-state index contributed by atoms with van der Waals surface area (Å²) in [6.45, 7) is 3.84.